The lowest BCUT2D eigenvalue weighted by Crippen LogP contribution is -2.25. The van der Waals surface area contributed by atoms with E-state index >= 15 is 0 Å². The van der Waals surface area contributed by atoms with Gasteiger partial charge in [0.05, 0.1) is 23.5 Å². The fourth-order valence-electron chi connectivity index (χ4n) is 2.87. The van der Waals surface area contributed by atoms with Crippen LogP contribution in [0.25, 0.3) is 0 Å². The minimum absolute atomic E-state index is 0.152. The second kappa shape index (κ2) is 8.17. The summed E-state index contributed by atoms with van der Waals surface area (Å²) in [6.45, 7) is 9.86. The topological polar surface area (TPSA) is 129 Å². The summed E-state index contributed by atoms with van der Waals surface area (Å²) in [6, 6.07) is 3.65. The Morgan fingerprint density at radius 1 is 1.17 bits per heavy atom. The van der Waals surface area contributed by atoms with Gasteiger partial charge in [-0.05, 0) is 38.4 Å². The van der Waals surface area contributed by atoms with Gasteiger partial charge in [-0.1, -0.05) is 20.8 Å². The number of nitrogens with zero attached hydrogens (tertiary/aromatic N) is 2. The predicted molar refractivity (Wildman–Crippen MR) is 119 cm³/mol. The average Bonchev–Trinajstić information content (AvgIpc) is 3.34. The maximum absolute atomic E-state index is 12.1. The third kappa shape index (κ3) is 4.46. The summed E-state index contributed by atoms with van der Waals surface area (Å²) < 4.78 is 40.8. The molecule has 0 aliphatic heterocycles. The fourth-order valence-corrected chi connectivity index (χ4v) is 5.68. The molecule has 0 aliphatic rings. The van der Waals surface area contributed by atoms with E-state index in [1.54, 1.807) is 6.92 Å². The van der Waals surface area contributed by atoms with E-state index in [9.17, 15) is 13.5 Å². The normalized spacial score (nSPS) is 13.4. The van der Waals surface area contributed by atoms with Crippen LogP contribution in [0, 0.1) is 19.3 Å². The molecule has 0 radical (unpaired) electrons. The largest absolute Gasteiger partial charge is 0.504 e. The van der Waals surface area contributed by atoms with Gasteiger partial charge in [0.15, 0.2) is 21.6 Å². The summed E-state index contributed by atoms with van der Waals surface area (Å²) in [5.74, 6) is 2.11. The Hall–Kier alpha value is -2.15. The molecule has 3 rings (SSSR count). The van der Waals surface area contributed by atoms with Crippen LogP contribution >= 0.6 is 23.1 Å². The smallest absolute Gasteiger partial charge is 0.253 e. The van der Waals surface area contributed by atoms with Crippen molar-refractivity contribution in [3.63, 3.8) is 0 Å². The number of aromatic hydroxyl groups is 1. The maximum atomic E-state index is 12.1. The van der Waals surface area contributed by atoms with E-state index in [1.165, 1.54) is 7.05 Å². The third-order valence-corrected chi connectivity index (χ3v) is 8.01. The zero-order chi connectivity index (χ0) is 22.3. The van der Waals surface area contributed by atoms with Crippen LogP contribution in [0.3, 0.4) is 0 Å². The molecule has 3 aromatic heterocycles. The van der Waals surface area contributed by atoms with Crippen LogP contribution in [0.1, 0.15) is 43.2 Å². The number of hydrogen-bond acceptors (Lipinski definition) is 10. The van der Waals surface area contributed by atoms with Crippen molar-refractivity contribution in [3.8, 4) is 5.75 Å². The van der Waals surface area contributed by atoms with Crippen LogP contribution in [-0.2, 0) is 10.0 Å². The Kier molecular flexibility index (Phi) is 6.14. The van der Waals surface area contributed by atoms with E-state index in [0.29, 0.717) is 16.5 Å². The second-order valence-corrected chi connectivity index (χ2v) is 11.7. The molecule has 0 fully saturated rings. The summed E-state index contributed by atoms with van der Waals surface area (Å²) in [4.78, 5) is 0.606. The van der Waals surface area contributed by atoms with Gasteiger partial charge in [-0.2, -0.15) is 8.75 Å². The van der Waals surface area contributed by atoms with Crippen LogP contribution < -0.4 is 15.4 Å². The maximum Gasteiger partial charge on any atom is 0.253 e. The number of anilines is 3. The van der Waals surface area contributed by atoms with Crippen LogP contribution in [0.15, 0.2) is 20.8 Å². The van der Waals surface area contributed by atoms with Crippen molar-refractivity contribution in [1.82, 2.24) is 13.5 Å². The zero-order valence-electron chi connectivity index (χ0n) is 17.5. The van der Waals surface area contributed by atoms with E-state index in [2.05, 4.69) is 44.9 Å². The van der Waals surface area contributed by atoms with Gasteiger partial charge in [-0.3, -0.25) is 0 Å². The van der Waals surface area contributed by atoms with Crippen molar-refractivity contribution >= 4 is 50.4 Å². The number of thiophene rings is 1. The van der Waals surface area contributed by atoms with E-state index in [-0.39, 0.29) is 27.1 Å². The molecule has 3 aromatic rings. The molecule has 0 amide bonds. The van der Waals surface area contributed by atoms with Gasteiger partial charge in [0.25, 0.3) is 10.0 Å². The number of sulfonamides is 1. The van der Waals surface area contributed by atoms with E-state index in [4.69, 9.17) is 4.42 Å². The Labute approximate surface area is 183 Å². The summed E-state index contributed by atoms with van der Waals surface area (Å²) in [7, 11) is -2.48. The standard InChI is InChI=1S/C18H25N5O4S3/c1-9-7-8-11(27-9)14(18(3,4)5)21-16-15(22-29-23-16)20-12-10(2)28-17(13(12)24)30(25,26)19-6/h7-8,14,19,24H,1-6H3,(H,20,22)(H,21,23)/t14-/m0/s1. The summed E-state index contributed by atoms with van der Waals surface area (Å²) in [6.07, 6.45) is 0. The minimum Gasteiger partial charge on any atom is -0.504 e. The van der Waals surface area contributed by atoms with Gasteiger partial charge < -0.3 is 20.2 Å². The molecule has 9 nitrogen and oxygen atoms in total. The highest BCUT2D eigenvalue weighted by Gasteiger charge is 2.31. The molecule has 1 atom stereocenters. The van der Waals surface area contributed by atoms with Crippen LogP contribution in [-0.4, -0.2) is 29.3 Å². The van der Waals surface area contributed by atoms with Gasteiger partial charge in [0, 0.05) is 4.88 Å². The van der Waals surface area contributed by atoms with Crippen molar-refractivity contribution in [1.29, 1.82) is 0 Å². The first kappa shape index (κ1) is 22.5. The summed E-state index contributed by atoms with van der Waals surface area (Å²) in [5.41, 5.74) is 0.0883. The van der Waals surface area contributed by atoms with Gasteiger partial charge in [-0.25, -0.2) is 13.1 Å². The lowest BCUT2D eigenvalue weighted by Gasteiger charge is -2.30. The molecular formula is C18H25N5O4S3. The lowest BCUT2D eigenvalue weighted by molar-refractivity contribution is 0.300. The van der Waals surface area contributed by atoms with Crippen molar-refractivity contribution in [2.24, 2.45) is 5.41 Å². The molecule has 0 aliphatic carbocycles. The van der Waals surface area contributed by atoms with E-state index < -0.39 is 10.0 Å². The molecule has 0 unspecified atom stereocenters. The Bertz CT molecular complexity index is 1140. The third-order valence-electron chi connectivity index (χ3n) is 4.47. The first-order valence-corrected chi connectivity index (χ1v) is 12.2. The SMILES string of the molecule is CNS(=O)(=O)c1sc(C)c(Nc2nsnc2N[C@@H](c2ccc(C)o2)C(C)(C)C)c1O. The van der Waals surface area contributed by atoms with Gasteiger partial charge >= 0.3 is 0 Å². The number of aryl methyl sites for hydroxylation is 2. The Morgan fingerprint density at radius 2 is 1.83 bits per heavy atom. The average molecular weight is 472 g/mol. The molecule has 0 saturated heterocycles. The monoisotopic (exact) mass is 471 g/mol. The highest BCUT2D eigenvalue weighted by atomic mass is 32.2. The van der Waals surface area contributed by atoms with Gasteiger partial charge in [-0.15, -0.1) is 11.3 Å². The van der Waals surface area contributed by atoms with Crippen LogP contribution in [0.4, 0.5) is 17.3 Å². The number of nitrogens with one attached hydrogen (secondary N) is 3. The minimum atomic E-state index is -3.77. The quantitative estimate of drug-likeness (QED) is 0.400. The summed E-state index contributed by atoms with van der Waals surface area (Å²) in [5, 5.41) is 16.9. The molecule has 0 bridgehead atoms. The molecule has 0 aromatic carbocycles. The number of furan rings is 1. The number of aromatic nitrogens is 2. The highest BCUT2D eigenvalue weighted by molar-refractivity contribution is 7.91. The summed E-state index contributed by atoms with van der Waals surface area (Å²) >= 11 is 1.98. The van der Waals surface area contributed by atoms with Crippen molar-refractivity contribution in [2.45, 2.75) is 44.9 Å². The second-order valence-electron chi connectivity index (χ2n) is 7.86. The van der Waals surface area contributed by atoms with Crippen LogP contribution in [0.2, 0.25) is 0 Å². The molecule has 30 heavy (non-hydrogen) atoms. The van der Waals surface area contributed by atoms with E-state index in [0.717, 1.165) is 34.6 Å². The van der Waals surface area contributed by atoms with Gasteiger partial charge in [0.2, 0.25) is 0 Å². The molecule has 4 N–H and O–H groups in total. The predicted octanol–water partition coefficient (Wildman–Crippen LogP) is 4.37. The van der Waals surface area contributed by atoms with Gasteiger partial charge in [0.1, 0.15) is 11.5 Å². The van der Waals surface area contributed by atoms with Crippen molar-refractivity contribution < 1.29 is 17.9 Å². The first-order chi connectivity index (χ1) is 13.9. The number of hydrogen-bond donors (Lipinski definition) is 4. The molecule has 164 valence electrons. The Morgan fingerprint density at radius 3 is 2.40 bits per heavy atom. The molecule has 0 spiro atoms. The molecule has 12 heteroatoms. The van der Waals surface area contributed by atoms with Crippen molar-refractivity contribution in [2.75, 3.05) is 17.7 Å². The Balaban J connectivity index is 1.93. The zero-order valence-corrected chi connectivity index (χ0v) is 20.0. The molecule has 0 saturated carbocycles. The van der Waals surface area contributed by atoms with Crippen molar-refractivity contribution in [3.05, 3.63) is 28.5 Å². The van der Waals surface area contributed by atoms with E-state index in [1.807, 2.05) is 19.1 Å². The lowest BCUT2D eigenvalue weighted by atomic mass is 9.85. The van der Waals surface area contributed by atoms with Crippen LogP contribution in [0.5, 0.6) is 5.75 Å². The number of rotatable bonds is 7. The highest BCUT2D eigenvalue weighted by Crippen LogP contribution is 2.44. The fraction of sp³-hybridized carbons (Fsp3) is 0.444. The molecular weight excluding hydrogens is 446 g/mol. The first-order valence-electron chi connectivity index (χ1n) is 9.12. The molecule has 3 heterocycles.